The van der Waals surface area contributed by atoms with Crippen molar-refractivity contribution in [1.29, 1.82) is 0 Å². The molecule has 3 aromatic carbocycles. The first-order valence-electron chi connectivity index (χ1n) is 13.7. The minimum atomic E-state index is -9.81. The number of imidazole rings is 1. The molecule has 0 spiro atoms. The molecule has 46 heavy (non-hydrogen) atoms. The van der Waals surface area contributed by atoms with Crippen LogP contribution in [0.4, 0.5) is 40.0 Å². The molecule has 8 nitrogen and oxygen atoms in total. The lowest BCUT2D eigenvalue weighted by atomic mass is 10.0. The molecule has 1 atom stereocenters. The lowest BCUT2D eigenvalue weighted by Crippen LogP contribution is -2.31. The number of hydrogen-bond acceptors (Lipinski definition) is 5. The lowest BCUT2D eigenvalue weighted by molar-refractivity contribution is -0.115. The van der Waals surface area contributed by atoms with E-state index in [4.69, 9.17) is 4.74 Å². The molecule has 4 aromatic rings. The standard InChI is InChI=1S/C30H27F6N5O3S2/c1-4-44-19(3)23-11-5-18(2)13-27(23)41-28(42)16-45-30(41)39-29(43)38-25-12-6-20(14-24(25)31)26-15-40(17-37-26)21-7-9-22(10-8-21)46(32,33,34,35)36/h5-15,17,19H,4,16H2,1-3H3,(H,38,43)/b39-30-. The molecular formula is C30H27F6N5O3S2. The molecule has 0 saturated carbocycles. The number of thioether (sulfide) groups is 1. The van der Waals surface area contributed by atoms with Crippen molar-refractivity contribution in [3.63, 3.8) is 0 Å². The van der Waals surface area contributed by atoms with Gasteiger partial charge in [0.25, 0.3) is 0 Å². The Morgan fingerprint density at radius 1 is 1.09 bits per heavy atom. The highest BCUT2D eigenvalue weighted by Crippen LogP contribution is 3.02. The highest BCUT2D eigenvalue weighted by atomic mass is 32.5. The van der Waals surface area contributed by atoms with Gasteiger partial charge in [0.1, 0.15) is 10.7 Å². The molecule has 0 aliphatic carbocycles. The van der Waals surface area contributed by atoms with Crippen molar-refractivity contribution in [2.75, 3.05) is 22.6 Å². The first-order chi connectivity index (χ1) is 21.4. The third-order valence-corrected chi connectivity index (χ3v) is 9.00. The van der Waals surface area contributed by atoms with Gasteiger partial charge in [-0.2, -0.15) is 4.99 Å². The largest absolute Gasteiger partial charge is 0.374 e. The van der Waals surface area contributed by atoms with Crippen molar-refractivity contribution in [3.05, 3.63) is 90.1 Å². The second kappa shape index (κ2) is 11.5. The van der Waals surface area contributed by atoms with Gasteiger partial charge in [-0.25, -0.2) is 14.2 Å². The van der Waals surface area contributed by atoms with Gasteiger partial charge in [0.15, 0.2) is 5.17 Å². The second-order valence-electron chi connectivity index (χ2n) is 10.3. The van der Waals surface area contributed by atoms with E-state index in [-0.39, 0.29) is 57.7 Å². The molecule has 244 valence electrons. The number of aliphatic imine (C=N–C) groups is 1. The van der Waals surface area contributed by atoms with E-state index in [9.17, 15) is 29.0 Å². The summed E-state index contributed by atoms with van der Waals surface area (Å²) in [5.74, 6) is -1.06. The van der Waals surface area contributed by atoms with Crippen molar-refractivity contribution in [1.82, 2.24) is 9.55 Å². The minimum Gasteiger partial charge on any atom is -0.374 e. The number of amides is 3. The Labute approximate surface area is 264 Å². The van der Waals surface area contributed by atoms with Crippen molar-refractivity contribution in [2.45, 2.75) is 31.8 Å². The number of anilines is 2. The van der Waals surface area contributed by atoms with Crippen LogP contribution in [0.25, 0.3) is 16.9 Å². The Morgan fingerprint density at radius 2 is 1.80 bits per heavy atom. The lowest BCUT2D eigenvalue weighted by Gasteiger charge is -2.40. The van der Waals surface area contributed by atoms with E-state index in [0.29, 0.717) is 12.3 Å². The fraction of sp³-hybridized carbons (Fsp3) is 0.200. The minimum absolute atomic E-state index is 0.0539. The van der Waals surface area contributed by atoms with Crippen LogP contribution >= 0.6 is 22.0 Å². The second-order valence-corrected chi connectivity index (χ2v) is 13.7. The van der Waals surface area contributed by atoms with E-state index in [1.54, 1.807) is 6.07 Å². The molecule has 0 radical (unpaired) electrons. The fourth-order valence-corrected chi connectivity index (χ4v) is 6.22. The number of hydrogen-bond donors (Lipinski definition) is 1. The molecule has 0 bridgehead atoms. The maximum absolute atomic E-state index is 15.1. The number of aryl methyl sites for hydroxylation is 1. The Morgan fingerprint density at radius 3 is 2.46 bits per heavy atom. The fourth-order valence-electron chi connectivity index (χ4n) is 4.71. The summed E-state index contributed by atoms with van der Waals surface area (Å²) in [4.78, 5) is 33.2. The summed E-state index contributed by atoms with van der Waals surface area (Å²) in [5.41, 5.74) is 2.56. The van der Waals surface area contributed by atoms with Gasteiger partial charge in [-0.1, -0.05) is 49.4 Å². The molecule has 16 heteroatoms. The monoisotopic (exact) mass is 683 g/mol. The SMILES string of the molecule is CCOC(C)c1ccc(C)cc1N1C(=O)CS/C1=N\C(=O)Nc1ccc(-c2cn(-c3ccc(S(F)(F)(F)(F)F)cc3)cn2)cc1F. The highest BCUT2D eigenvalue weighted by molar-refractivity contribution is 8.45. The number of nitrogens with one attached hydrogen (secondary N) is 1. The molecule has 2 heterocycles. The van der Waals surface area contributed by atoms with E-state index in [1.807, 2.05) is 32.9 Å². The molecule has 1 aliphatic heterocycles. The smallest absolute Gasteiger partial charge is 0.347 e. The van der Waals surface area contributed by atoms with Crippen LogP contribution in [-0.2, 0) is 9.53 Å². The Balaban J connectivity index is 1.33. The molecule has 3 amide bonds. The molecular weight excluding hydrogens is 656 g/mol. The molecule has 5 rings (SSSR count). The van der Waals surface area contributed by atoms with Crippen LogP contribution in [0, 0.1) is 12.7 Å². The number of benzene rings is 3. The van der Waals surface area contributed by atoms with Gasteiger partial charge < -0.3 is 14.6 Å². The molecule has 1 aliphatic rings. The summed E-state index contributed by atoms with van der Waals surface area (Å²) in [5, 5.41) is 2.49. The summed E-state index contributed by atoms with van der Waals surface area (Å²) in [6.45, 7) is 6.03. The maximum Gasteiger partial charge on any atom is 0.347 e. The average Bonchev–Trinajstić information content (AvgIpc) is 3.60. The van der Waals surface area contributed by atoms with E-state index in [2.05, 4.69) is 15.3 Å². The van der Waals surface area contributed by atoms with Crippen molar-refractivity contribution in [3.8, 4) is 16.9 Å². The Bertz CT molecular complexity index is 1870. The van der Waals surface area contributed by atoms with Crippen molar-refractivity contribution < 1.29 is 38.1 Å². The van der Waals surface area contributed by atoms with E-state index >= 15 is 4.39 Å². The van der Waals surface area contributed by atoms with Crippen molar-refractivity contribution >= 4 is 50.5 Å². The number of urea groups is 1. The number of aromatic nitrogens is 2. The Kier molecular flexibility index (Phi) is 8.28. The third-order valence-electron chi connectivity index (χ3n) is 6.91. The van der Waals surface area contributed by atoms with Gasteiger partial charge in [0.2, 0.25) is 5.91 Å². The third kappa shape index (κ3) is 7.24. The topological polar surface area (TPSA) is 88.8 Å². The number of amidine groups is 1. The molecule has 1 aromatic heterocycles. The van der Waals surface area contributed by atoms with Crippen LogP contribution < -0.4 is 10.2 Å². The first-order valence-corrected chi connectivity index (χ1v) is 16.6. The summed E-state index contributed by atoms with van der Waals surface area (Å²) in [7, 11) is -9.81. The predicted octanol–water partition coefficient (Wildman–Crippen LogP) is 9.41. The van der Waals surface area contributed by atoms with Crippen LogP contribution in [0.3, 0.4) is 0 Å². The van der Waals surface area contributed by atoms with Crippen LogP contribution in [0.5, 0.6) is 0 Å². The number of carbonyl (C=O) groups excluding carboxylic acids is 2. The average molecular weight is 684 g/mol. The summed E-state index contributed by atoms with van der Waals surface area (Å²) >= 11 is 1.07. The zero-order valence-electron chi connectivity index (χ0n) is 24.5. The van der Waals surface area contributed by atoms with Crippen LogP contribution in [0.1, 0.15) is 31.1 Å². The number of nitrogens with zero attached hydrogens (tertiary/aromatic N) is 4. The molecule has 1 fully saturated rings. The van der Waals surface area contributed by atoms with Gasteiger partial charge in [-0.3, -0.25) is 9.69 Å². The summed E-state index contributed by atoms with van der Waals surface area (Å²) in [6, 6.07) is 10.8. The zero-order chi connectivity index (χ0) is 33.5. The number of carbonyl (C=O) groups is 2. The van der Waals surface area contributed by atoms with E-state index in [1.165, 1.54) is 34.1 Å². The van der Waals surface area contributed by atoms with Crippen LogP contribution in [0.2, 0.25) is 0 Å². The van der Waals surface area contributed by atoms with Crippen LogP contribution in [-0.4, -0.2) is 39.0 Å². The molecule has 1 N–H and O–H groups in total. The predicted molar refractivity (Wildman–Crippen MR) is 168 cm³/mol. The maximum atomic E-state index is 15.1. The van der Waals surface area contributed by atoms with E-state index in [0.717, 1.165) is 41.1 Å². The molecule has 1 saturated heterocycles. The zero-order valence-corrected chi connectivity index (χ0v) is 26.2. The quantitative estimate of drug-likeness (QED) is 0.187. The normalized spacial score (nSPS) is 16.8. The van der Waals surface area contributed by atoms with Gasteiger partial charge in [-0.05, 0) is 68.8 Å². The first kappa shape index (κ1) is 33.1. The molecule has 1 unspecified atom stereocenters. The van der Waals surface area contributed by atoms with Gasteiger partial charge in [0, 0.05) is 29.6 Å². The van der Waals surface area contributed by atoms with Gasteiger partial charge in [-0.15, -0.1) is 0 Å². The van der Waals surface area contributed by atoms with Crippen molar-refractivity contribution in [2.24, 2.45) is 4.99 Å². The van der Waals surface area contributed by atoms with E-state index < -0.39 is 27.0 Å². The highest BCUT2D eigenvalue weighted by Gasteiger charge is 2.65. The number of ether oxygens (including phenoxy) is 1. The number of rotatable bonds is 8. The van der Waals surface area contributed by atoms with Gasteiger partial charge in [0.05, 0.1) is 35.3 Å². The Hall–Kier alpha value is -4.28. The van der Waals surface area contributed by atoms with Crippen LogP contribution in [0.15, 0.2) is 83.1 Å². The summed E-state index contributed by atoms with van der Waals surface area (Å²) in [6.07, 6.45) is 2.27. The van der Waals surface area contributed by atoms with Gasteiger partial charge >= 0.3 is 16.3 Å². The number of halogens is 6. The summed E-state index contributed by atoms with van der Waals surface area (Å²) < 4.78 is 87.2.